The van der Waals surface area contributed by atoms with Crippen molar-refractivity contribution in [1.29, 1.82) is 0 Å². The van der Waals surface area contributed by atoms with Crippen LogP contribution in [0.2, 0.25) is 0 Å². The van der Waals surface area contributed by atoms with Crippen LogP contribution in [0, 0.1) is 0 Å². The Kier molecular flexibility index (Phi) is 5.40. The normalized spacial score (nSPS) is 18.1. The molecule has 0 saturated heterocycles. The van der Waals surface area contributed by atoms with Crippen molar-refractivity contribution in [2.24, 2.45) is 0 Å². The van der Waals surface area contributed by atoms with Gasteiger partial charge in [-0.3, -0.25) is 0 Å². The molecule has 0 amide bonds. The molecule has 3 aromatic carbocycles. The predicted molar refractivity (Wildman–Crippen MR) is 110 cm³/mol. The summed E-state index contributed by atoms with van der Waals surface area (Å²) < 4.78 is 72.3. The molecule has 1 aliphatic rings. The molecule has 3 aromatic rings. The van der Waals surface area contributed by atoms with E-state index in [9.17, 15) is 21.6 Å². The van der Waals surface area contributed by atoms with Crippen LogP contribution in [0.4, 0.5) is 18.9 Å². The van der Waals surface area contributed by atoms with Crippen LogP contribution in [0.25, 0.3) is 0 Å². The van der Waals surface area contributed by atoms with E-state index in [0.29, 0.717) is 22.6 Å². The summed E-state index contributed by atoms with van der Waals surface area (Å²) in [5.74, 6) is 0.575. The highest BCUT2D eigenvalue weighted by molar-refractivity contribution is 7.89. The lowest BCUT2D eigenvalue weighted by Gasteiger charge is -2.37. The van der Waals surface area contributed by atoms with Crippen molar-refractivity contribution in [3.05, 3.63) is 89.5 Å². The number of anilines is 1. The lowest BCUT2D eigenvalue weighted by Crippen LogP contribution is -2.42. The van der Waals surface area contributed by atoms with Crippen molar-refractivity contribution in [2.45, 2.75) is 23.8 Å². The Balaban J connectivity index is 1.79. The van der Waals surface area contributed by atoms with Crippen molar-refractivity contribution < 1.29 is 26.3 Å². The highest BCUT2D eigenvalue weighted by Crippen LogP contribution is 2.40. The fourth-order valence-electron chi connectivity index (χ4n) is 3.53. The Morgan fingerprint density at radius 1 is 1.00 bits per heavy atom. The number of benzene rings is 3. The van der Waals surface area contributed by atoms with E-state index in [4.69, 9.17) is 4.74 Å². The number of fused-ring (bicyclic) bond motifs is 1. The standard InChI is InChI=1S/C22H19F3N2O3S/c1-30-18-6-4-5-15(13-18)14-27-21(16-9-11-17(12-10-16)22(23,24)25)26-19-7-2-3-8-20(19)31(27,28)29/h2-13,21,26H,14H2,1H3. The van der Waals surface area contributed by atoms with Crippen LogP contribution in [0.5, 0.6) is 5.75 Å². The van der Waals surface area contributed by atoms with E-state index >= 15 is 0 Å². The van der Waals surface area contributed by atoms with Gasteiger partial charge in [0.15, 0.2) is 0 Å². The molecule has 5 nitrogen and oxygen atoms in total. The lowest BCUT2D eigenvalue weighted by molar-refractivity contribution is -0.137. The number of ether oxygens (including phenoxy) is 1. The van der Waals surface area contributed by atoms with Crippen molar-refractivity contribution >= 4 is 15.7 Å². The maximum atomic E-state index is 13.4. The van der Waals surface area contributed by atoms with E-state index < -0.39 is 27.9 Å². The first-order valence-electron chi connectivity index (χ1n) is 9.37. The number of nitrogens with zero attached hydrogens (tertiary/aromatic N) is 1. The minimum atomic E-state index is -4.47. The molecule has 0 fully saturated rings. The summed E-state index contributed by atoms with van der Waals surface area (Å²) in [5, 5.41) is 3.16. The largest absolute Gasteiger partial charge is 0.497 e. The first-order chi connectivity index (χ1) is 14.7. The number of nitrogens with one attached hydrogen (secondary N) is 1. The summed E-state index contributed by atoms with van der Waals surface area (Å²) in [6.45, 7) is 0.00650. The molecular weight excluding hydrogens is 429 g/mol. The molecule has 162 valence electrons. The fourth-order valence-corrected chi connectivity index (χ4v) is 5.21. The van der Waals surface area contributed by atoms with Gasteiger partial charge < -0.3 is 10.1 Å². The van der Waals surface area contributed by atoms with Crippen LogP contribution >= 0.6 is 0 Å². The van der Waals surface area contributed by atoms with E-state index in [1.807, 2.05) is 0 Å². The molecule has 0 bridgehead atoms. The second kappa shape index (κ2) is 7.90. The van der Waals surface area contributed by atoms with Crippen LogP contribution in [0.1, 0.15) is 22.9 Å². The molecule has 1 atom stereocenters. The van der Waals surface area contributed by atoms with Crippen molar-refractivity contribution in [3.63, 3.8) is 0 Å². The number of hydrogen-bond acceptors (Lipinski definition) is 4. The Hall–Kier alpha value is -3.04. The van der Waals surface area contributed by atoms with Gasteiger partial charge in [0.2, 0.25) is 10.0 Å². The molecule has 1 N–H and O–H groups in total. The maximum Gasteiger partial charge on any atom is 0.416 e. The van der Waals surface area contributed by atoms with Crippen LogP contribution in [0.15, 0.2) is 77.7 Å². The number of methoxy groups -OCH3 is 1. The number of alkyl halides is 3. The summed E-state index contributed by atoms with van der Waals surface area (Å²) >= 11 is 0. The smallest absolute Gasteiger partial charge is 0.416 e. The van der Waals surface area contributed by atoms with Crippen molar-refractivity contribution in [1.82, 2.24) is 4.31 Å². The number of rotatable bonds is 4. The lowest BCUT2D eigenvalue weighted by atomic mass is 10.1. The van der Waals surface area contributed by atoms with E-state index in [0.717, 1.165) is 12.1 Å². The van der Waals surface area contributed by atoms with Gasteiger partial charge in [-0.25, -0.2) is 8.42 Å². The quantitative estimate of drug-likeness (QED) is 0.608. The monoisotopic (exact) mass is 448 g/mol. The predicted octanol–water partition coefficient (Wildman–Crippen LogP) is 5.03. The molecule has 0 aromatic heterocycles. The zero-order valence-electron chi connectivity index (χ0n) is 16.4. The molecule has 1 unspecified atom stereocenters. The topological polar surface area (TPSA) is 58.6 Å². The second-order valence-electron chi connectivity index (χ2n) is 7.06. The minimum absolute atomic E-state index is 0.00650. The van der Waals surface area contributed by atoms with Gasteiger partial charge in [0.1, 0.15) is 16.8 Å². The van der Waals surface area contributed by atoms with E-state index in [1.54, 1.807) is 42.5 Å². The van der Waals surface area contributed by atoms with Gasteiger partial charge in [-0.2, -0.15) is 17.5 Å². The third kappa shape index (κ3) is 4.11. The van der Waals surface area contributed by atoms with Gasteiger partial charge >= 0.3 is 6.18 Å². The van der Waals surface area contributed by atoms with E-state index in [1.165, 1.54) is 29.6 Å². The van der Waals surface area contributed by atoms with Crippen LogP contribution in [0.3, 0.4) is 0 Å². The van der Waals surface area contributed by atoms with Gasteiger partial charge in [-0.05, 0) is 47.5 Å². The summed E-state index contributed by atoms with van der Waals surface area (Å²) in [6.07, 6.45) is -5.36. The molecule has 0 radical (unpaired) electrons. The number of halogens is 3. The second-order valence-corrected chi connectivity index (χ2v) is 8.92. The van der Waals surface area contributed by atoms with Crippen LogP contribution < -0.4 is 10.1 Å². The molecule has 4 rings (SSSR count). The summed E-state index contributed by atoms with van der Waals surface area (Å²) in [5.41, 5.74) is 0.680. The third-order valence-electron chi connectivity index (χ3n) is 5.08. The van der Waals surface area contributed by atoms with Crippen molar-refractivity contribution in [3.8, 4) is 5.75 Å². The highest BCUT2D eigenvalue weighted by atomic mass is 32.2. The summed E-state index contributed by atoms with van der Waals surface area (Å²) in [7, 11) is -2.42. The highest BCUT2D eigenvalue weighted by Gasteiger charge is 2.39. The van der Waals surface area contributed by atoms with Gasteiger partial charge in [0, 0.05) is 6.54 Å². The average molecular weight is 448 g/mol. The Morgan fingerprint density at radius 3 is 2.39 bits per heavy atom. The maximum absolute atomic E-state index is 13.4. The van der Waals surface area contributed by atoms with Gasteiger partial charge in [-0.15, -0.1) is 0 Å². The average Bonchev–Trinajstić information content (AvgIpc) is 2.75. The first-order valence-corrected chi connectivity index (χ1v) is 10.8. The van der Waals surface area contributed by atoms with Gasteiger partial charge in [0.25, 0.3) is 0 Å². The fraction of sp³-hybridized carbons (Fsp3) is 0.182. The zero-order chi connectivity index (χ0) is 22.2. The Labute approximate surface area is 178 Å². The molecule has 0 spiro atoms. The molecular formula is C22H19F3N2O3S. The molecule has 0 saturated carbocycles. The summed E-state index contributed by atoms with van der Waals surface area (Å²) in [6, 6.07) is 17.9. The number of sulfonamides is 1. The Morgan fingerprint density at radius 2 is 1.71 bits per heavy atom. The van der Waals surface area contributed by atoms with Crippen LogP contribution in [-0.4, -0.2) is 19.8 Å². The van der Waals surface area contributed by atoms with Crippen molar-refractivity contribution in [2.75, 3.05) is 12.4 Å². The molecule has 1 aliphatic heterocycles. The number of para-hydroxylation sites is 1. The van der Waals surface area contributed by atoms with E-state index in [-0.39, 0.29) is 11.4 Å². The summed E-state index contributed by atoms with van der Waals surface area (Å²) in [4.78, 5) is 0.112. The minimum Gasteiger partial charge on any atom is -0.497 e. The SMILES string of the molecule is COc1cccc(CN2C(c3ccc(C(F)(F)F)cc3)Nc3ccccc3S2(=O)=O)c1. The molecule has 9 heteroatoms. The Bertz CT molecular complexity index is 1200. The van der Waals surface area contributed by atoms with Gasteiger partial charge in [-0.1, -0.05) is 36.4 Å². The number of hydrogen-bond donors (Lipinski definition) is 1. The zero-order valence-corrected chi connectivity index (χ0v) is 17.2. The third-order valence-corrected chi connectivity index (χ3v) is 6.95. The van der Waals surface area contributed by atoms with Crippen LogP contribution in [-0.2, 0) is 22.7 Å². The molecule has 1 heterocycles. The molecule has 0 aliphatic carbocycles. The first kappa shape index (κ1) is 21.2. The van der Waals surface area contributed by atoms with E-state index in [2.05, 4.69) is 5.32 Å². The molecule has 31 heavy (non-hydrogen) atoms. The van der Waals surface area contributed by atoms with Gasteiger partial charge in [0.05, 0.1) is 18.4 Å².